The van der Waals surface area contributed by atoms with Gasteiger partial charge in [0, 0.05) is 26.8 Å². The van der Waals surface area contributed by atoms with E-state index in [9.17, 15) is 0 Å². The highest BCUT2D eigenvalue weighted by molar-refractivity contribution is 9.10. The van der Waals surface area contributed by atoms with Crippen molar-refractivity contribution < 1.29 is 4.74 Å². The summed E-state index contributed by atoms with van der Waals surface area (Å²) >= 11 is 5.24. The van der Waals surface area contributed by atoms with Crippen LogP contribution in [0.5, 0.6) is 5.75 Å². The molecular weight excluding hydrogens is 322 g/mol. The molecule has 102 valence electrons. The van der Waals surface area contributed by atoms with Crippen molar-refractivity contribution in [1.82, 2.24) is 5.32 Å². The first kappa shape index (κ1) is 14.6. The Morgan fingerprint density at radius 1 is 1.21 bits per heavy atom. The van der Waals surface area contributed by atoms with Gasteiger partial charge < -0.3 is 10.1 Å². The molecule has 0 aliphatic heterocycles. The number of thiophene rings is 1. The molecule has 0 aliphatic rings. The van der Waals surface area contributed by atoms with Gasteiger partial charge in [0.15, 0.2) is 0 Å². The van der Waals surface area contributed by atoms with E-state index in [0.29, 0.717) is 12.6 Å². The Morgan fingerprint density at radius 3 is 2.74 bits per heavy atom. The predicted molar refractivity (Wildman–Crippen MR) is 84.8 cm³/mol. The molecule has 4 heteroatoms. The minimum Gasteiger partial charge on any atom is -0.488 e. The smallest absolute Gasteiger partial charge is 0.122 e. The van der Waals surface area contributed by atoms with E-state index >= 15 is 0 Å². The fourth-order valence-corrected chi connectivity index (χ4v) is 2.87. The van der Waals surface area contributed by atoms with Crippen molar-refractivity contribution >= 4 is 27.3 Å². The van der Waals surface area contributed by atoms with E-state index in [-0.39, 0.29) is 0 Å². The van der Waals surface area contributed by atoms with Gasteiger partial charge >= 0.3 is 0 Å². The third-order valence-electron chi connectivity index (χ3n) is 2.58. The molecule has 1 heterocycles. The number of rotatable bonds is 6. The Bertz CT molecular complexity index is 524. The Balaban J connectivity index is 1.86. The lowest BCUT2D eigenvalue weighted by Crippen LogP contribution is -2.21. The molecule has 1 aromatic heterocycles. The van der Waals surface area contributed by atoms with Crippen molar-refractivity contribution in [2.24, 2.45) is 0 Å². The van der Waals surface area contributed by atoms with Gasteiger partial charge in [0.1, 0.15) is 12.4 Å². The van der Waals surface area contributed by atoms with Crippen molar-refractivity contribution in [1.29, 1.82) is 0 Å². The van der Waals surface area contributed by atoms with Crippen molar-refractivity contribution in [3.8, 4) is 5.75 Å². The lowest BCUT2D eigenvalue weighted by atomic mass is 10.3. The molecule has 0 radical (unpaired) electrons. The van der Waals surface area contributed by atoms with Crippen molar-refractivity contribution in [2.45, 2.75) is 33.0 Å². The summed E-state index contributed by atoms with van der Waals surface area (Å²) in [5.41, 5.74) is 0. The van der Waals surface area contributed by atoms with Crippen LogP contribution in [0.3, 0.4) is 0 Å². The maximum Gasteiger partial charge on any atom is 0.122 e. The molecular formula is C15H18BrNOS. The Labute approximate surface area is 126 Å². The molecule has 0 unspecified atom stereocenters. The molecule has 0 amide bonds. The van der Waals surface area contributed by atoms with Crippen LogP contribution in [0.1, 0.15) is 23.6 Å². The standard InChI is InChI=1S/C15H18BrNOS/c1-11(2)17-9-14-6-7-15(19-14)10-18-13-5-3-4-12(16)8-13/h3-8,11,17H,9-10H2,1-2H3. The maximum atomic E-state index is 5.77. The van der Waals surface area contributed by atoms with E-state index < -0.39 is 0 Å². The summed E-state index contributed by atoms with van der Waals surface area (Å²) < 4.78 is 6.81. The van der Waals surface area contributed by atoms with Gasteiger partial charge in [-0.15, -0.1) is 11.3 Å². The first-order chi connectivity index (χ1) is 9.13. The van der Waals surface area contributed by atoms with E-state index in [4.69, 9.17) is 4.74 Å². The molecule has 0 aliphatic carbocycles. The zero-order valence-corrected chi connectivity index (χ0v) is 13.6. The number of hydrogen-bond donors (Lipinski definition) is 1. The van der Waals surface area contributed by atoms with Crippen LogP contribution in [-0.2, 0) is 13.2 Å². The minimum atomic E-state index is 0.517. The number of benzene rings is 1. The van der Waals surface area contributed by atoms with Gasteiger partial charge in [0.2, 0.25) is 0 Å². The Morgan fingerprint density at radius 2 is 2.00 bits per heavy atom. The minimum absolute atomic E-state index is 0.517. The summed E-state index contributed by atoms with van der Waals surface area (Å²) in [5, 5.41) is 3.42. The largest absolute Gasteiger partial charge is 0.488 e. The number of hydrogen-bond acceptors (Lipinski definition) is 3. The van der Waals surface area contributed by atoms with Crippen LogP contribution in [0.15, 0.2) is 40.9 Å². The first-order valence-electron chi connectivity index (χ1n) is 6.33. The molecule has 1 aromatic carbocycles. The predicted octanol–water partition coefficient (Wildman–Crippen LogP) is 4.59. The summed E-state index contributed by atoms with van der Waals surface area (Å²) in [6.07, 6.45) is 0. The van der Waals surface area contributed by atoms with E-state index in [0.717, 1.165) is 16.8 Å². The third kappa shape index (κ3) is 4.97. The fourth-order valence-electron chi connectivity index (χ4n) is 1.61. The van der Waals surface area contributed by atoms with Crippen LogP contribution in [-0.4, -0.2) is 6.04 Å². The van der Waals surface area contributed by atoms with Gasteiger partial charge in [-0.1, -0.05) is 35.8 Å². The van der Waals surface area contributed by atoms with Crippen molar-refractivity contribution in [2.75, 3.05) is 0 Å². The lowest BCUT2D eigenvalue weighted by Gasteiger charge is -2.06. The molecule has 2 nitrogen and oxygen atoms in total. The van der Waals surface area contributed by atoms with Crippen LogP contribution in [0.4, 0.5) is 0 Å². The van der Waals surface area contributed by atoms with Crippen LogP contribution >= 0.6 is 27.3 Å². The van der Waals surface area contributed by atoms with E-state index in [1.54, 1.807) is 11.3 Å². The quantitative estimate of drug-likeness (QED) is 0.831. The molecule has 19 heavy (non-hydrogen) atoms. The zero-order valence-electron chi connectivity index (χ0n) is 11.2. The number of ether oxygens (including phenoxy) is 1. The summed E-state index contributed by atoms with van der Waals surface area (Å²) in [4.78, 5) is 2.60. The highest BCUT2D eigenvalue weighted by Crippen LogP contribution is 2.21. The van der Waals surface area contributed by atoms with Crippen LogP contribution in [0.25, 0.3) is 0 Å². The van der Waals surface area contributed by atoms with Gasteiger partial charge in [-0.05, 0) is 30.3 Å². The second-order valence-corrected chi connectivity index (χ2v) is 6.82. The topological polar surface area (TPSA) is 21.3 Å². The number of halogens is 1. The van der Waals surface area contributed by atoms with Gasteiger partial charge in [0.05, 0.1) is 0 Å². The monoisotopic (exact) mass is 339 g/mol. The zero-order chi connectivity index (χ0) is 13.7. The first-order valence-corrected chi connectivity index (χ1v) is 7.94. The summed E-state index contributed by atoms with van der Waals surface area (Å²) in [6, 6.07) is 12.7. The number of nitrogens with one attached hydrogen (secondary N) is 1. The maximum absolute atomic E-state index is 5.77. The summed E-state index contributed by atoms with van der Waals surface area (Å²) in [5.74, 6) is 0.893. The molecule has 0 saturated heterocycles. The third-order valence-corrected chi connectivity index (χ3v) is 4.13. The fraction of sp³-hybridized carbons (Fsp3) is 0.333. The van der Waals surface area contributed by atoms with Gasteiger partial charge in [0.25, 0.3) is 0 Å². The van der Waals surface area contributed by atoms with Crippen LogP contribution < -0.4 is 10.1 Å². The Kier molecular flexibility index (Phi) is 5.43. The average Bonchev–Trinajstić information content (AvgIpc) is 2.82. The summed E-state index contributed by atoms with van der Waals surface area (Å²) in [7, 11) is 0. The Hall–Kier alpha value is -0.840. The van der Waals surface area contributed by atoms with E-state index in [2.05, 4.69) is 47.2 Å². The highest BCUT2D eigenvalue weighted by atomic mass is 79.9. The van der Waals surface area contributed by atoms with Crippen LogP contribution in [0.2, 0.25) is 0 Å². The molecule has 0 spiro atoms. The normalized spacial score (nSPS) is 10.9. The molecule has 1 N–H and O–H groups in total. The molecule has 0 bridgehead atoms. The highest BCUT2D eigenvalue weighted by Gasteiger charge is 2.02. The average molecular weight is 340 g/mol. The van der Waals surface area contributed by atoms with Gasteiger partial charge in [-0.2, -0.15) is 0 Å². The van der Waals surface area contributed by atoms with E-state index in [1.165, 1.54) is 9.75 Å². The molecule has 2 rings (SSSR count). The SMILES string of the molecule is CC(C)NCc1ccc(COc2cccc(Br)c2)s1. The van der Waals surface area contributed by atoms with Gasteiger partial charge in [-0.3, -0.25) is 0 Å². The second-order valence-electron chi connectivity index (χ2n) is 4.65. The molecule has 0 fully saturated rings. The summed E-state index contributed by atoms with van der Waals surface area (Å²) in [6.45, 7) is 5.87. The lowest BCUT2D eigenvalue weighted by molar-refractivity contribution is 0.309. The van der Waals surface area contributed by atoms with Crippen molar-refractivity contribution in [3.63, 3.8) is 0 Å². The molecule has 2 aromatic rings. The molecule has 0 atom stereocenters. The molecule has 0 saturated carbocycles. The van der Waals surface area contributed by atoms with E-state index in [1.807, 2.05) is 24.3 Å². The van der Waals surface area contributed by atoms with Gasteiger partial charge in [-0.25, -0.2) is 0 Å². The second kappa shape index (κ2) is 7.08. The van der Waals surface area contributed by atoms with Crippen molar-refractivity contribution in [3.05, 3.63) is 50.6 Å². The van der Waals surface area contributed by atoms with Crippen LogP contribution in [0, 0.1) is 0 Å².